The van der Waals surface area contributed by atoms with Crippen molar-refractivity contribution in [3.05, 3.63) is 0 Å². The lowest BCUT2D eigenvalue weighted by Crippen LogP contribution is -2.37. The van der Waals surface area contributed by atoms with Gasteiger partial charge in [-0.1, -0.05) is 6.92 Å². The maximum atomic E-state index is 11.5. The van der Waals surface area contributed by atoms with E-state index in [4.69, 9.17) is 5.73 Å². The fourth-order valence-corrected chi connectivity index (χ4v) is 1.48. The molecule has 0 aliphatic carbocycles. The van der Waals surface area contributed by atoms with Gasteiger partial charge in [0, 0.05) is 27.7 Å². The third-order valence-corrected chi connectivity index (χ3v) is 2.42. The smallest absolute Gasteiger partial charge is 0.239 e. The number of nitrogens with zero attached hydrogens (tertiary/aromatic N) is 5. The molecule has 1 rings (SSSR count). The van der Waals surface area contributed by atoms with Crippen LogP contribution >= 0.6 is 0 Å². The van der Waals surface area contributed by atoms with E-state index >= 15 is 0 Å². The summed E-state index contributed by atoms with van der Waals surface area (Å²) in [5.41, 5.74) is 5.68. The fourth-order valence-electron chi connectivity index (χ4n) is 1.48. The standard InChI is InChI=1S/C11H21N7O/c1-5-6-18(7-8(19)13-2)11-15-9(12)14-10(16-11)17(3)4/h5-7H2,1-4H3,(H,13,19)(H2,12,14,15,16). The van der Waals surface area contributed by atoms with E-state index in [1.54, 1.807) is 16.8 Å². The molecular weight excluding hydrogens is 246 g/mol. The summed E-state index contributed by atoms with van der Waals surface area (Å²) >= 11 is 0. The van der Waals surface area contributed by atoms with Gasteiger partial charge in [-0.2, -0.15) is 15.0 Å². The highest BCUT2D eigenvalue weighted by molar-refractivity contribution is 5.80. The van der Waals surface area contributed by atoms with Gasteiger partial charge in [0.25, 0.3) is 0 Å². The average molecular weight is 267 g/mol. The average Bonchev–Trinajstić information content (AvgIpc) is 2.37. The number of carbonyl (C=O) groups is 1. The number of rotatable bonds is 6. The first-order chi connectivity index (χ1) is 8.97. The Bertz CT molecular complexity index is 435. The Labute approximate surface area is 113 Å². The lowest BCUT2D eigenvalue weighted by molar-refractivity contribution is -0.119. The number of hydrogen-bond donors (Lipinski definition) is 2. The van der Waals surface area contributed by atoms with Gasteiger partial charge in [-0.15, -0.1) is 0 Å². The molecule has 0 aliphatic rings. The molecule has 0 fully saturated rings. The van der Waals surface area contributed by atoms with Gasteiger partial charge in [-0.25, -0.2) is 0 Å². The monoisotopic (exact) mass is 267 g/mol. The van der Waals surface area contributed by atoms with Crippen molar-refractivity contribution in [1.29, 1.82) is 0 Å². The van der Waals surface area contributed by atoms with Crippen LogP contribution in [0.3, 0.4) is 0 Å². The molecule has 3 N–H and O–H groups in total. The van der Waals surface area contributed by atoms with Crippen molar-refractivity contribution in [2.45, 2.75) is 13.3 Å². The molecule has 0 radical (unpaired) electrons. The quantitative estimate of drug-likeness (QED) is 0.715. The molecule has 1 aromatic heterocycles. The highest BCUT2D eigenvalue weighted by atomic mass is 16.1. The van der Waals surface area contributed by atoms with Crippen LogP contribution in [0.2, 0.25) is 0 Å². The van der Waals surface area contributed by atoms with Crippen molar-refractivity contribution in [2.75, 3.05) is 49.8 Å². The van der Waals surface area contributed by atoms with Crippen LogP contribution in [0.4, 0.5) is 17.8 Å². The molecule has 0 aromatic carbocycles. The van der Waals surface area contributed by atoms with Gasteiger partial charge in [0.2, 0.25) is 23.8 Å². The van der Waals surface area contributed by atoms with E-state index < -0.39 is 0 Å². The van der Waals surface area contributed by atoms with E-state index in [9.17, 15) is 4.79 Å². The van der Waals surface area contributed by atoms with Crippen LogP contribution in [0.25, 0.3) is 0 Å². The predicted molar refractivity (Wildman–Crippen MR) is 75.1 cm³/mol. The van der Waals surface area contributed by atoms with Gasteiger partial charge in [-0.05, 0) is 6.42 Å². The summed E-state index contributed by atoms with van der Waals surface area (Å²) in [7, 11) is 5.24. The van der Waals surface area contributed by atoms with Crippen molar-refractivity contribution in [3.63, 3.8) is 0 Å². The third-order valence-electron chi connectivity index (χ3n) is 2.42. The zero-order valence-electron chi connectivity index (χ0n) is 11.8. The predicted octanol–water partition coefficient (Wildman–Crippen LogP) is -0.518. The molecule has 0 unspecified atom stereocenters. The first-order valence-electron chi connectivity index (χ1n) is 6.12. The molecule has 0 spiro atoms. The van der Waals surface area contributed by atoms with Crippen LogP contribution in [0.1, 0.15) is 13.3 Å². The molecule has 0 aliphatic heterocycles. The van der Waals surface area contributed by atoms with Crippen molar-refractivity contribution < 1.29 is 4.79 Å². The second-order valence-corrected chi connectivity index (χ2v) is 4.28. The molecule has 106 valence electrons. The second-order valence-electron chi connectivity index (χ2n) is 4.28. The van der Waals surface area contributed by atoms with Gasteiger partial charge in [0.05, 0.1) is 6.54 Å². The minimum atomic E-state index is -0.0983. The van der Waals surface area contributed by atoms with Crippen molar-refractivity contribution in [1.82, 2.24) is 20.3 Å². The summed E-state index contributed by atoms with van der Waals surface area (Å²) in [4.78, 5) is 27.5. The number of nitrogen functional groups attached to an aromatic ring is 1. The first-order valence-corrected chi connectivity index (χ1v) is 6.12. The Kier molecular flexibility index (Phi) is 5.28. The van der Waals surface area contributed by atoms with Crippen LogP contribution in [-0.2, 0) is 4.79 Å². The molecule has 0 bridgehead atoms. The zero-order valence-corrected chi connectivity index (χ0v) is 11.8. The lowest BCUT2D eigenvalue weighted by Gasteiger charge is -2.22. The normalized spacial score (nSPS) is 10.1. The topological polar surface area (TPSA) is 100 Å². The Hall–Kier alpha value is -2.12. The number of likely N-dealkylation sites (N-methyl/N-ethyl adjacent to an activating group) is 1. The van der Waals surface area contributed by atoms with Gasteiger partial charge >= 0.3 is 0 Å². The molecule has 0 saturated heterocycles. The van der Waals surface area contributed by atoms with Gasteiger partial charge in [0.15, 0.2) is 0 Å². The zero-order chi connectivity index (χ0) is 14.4. The number of nitrogens with two attached hydrogens (primary N) is 1. The Morgan fingerprint density at radius 1 is 1.26 bits per heavy atom. The molecule has 8 heteroatoms. The minimum absolute atomic E-state index is 0.0983. The molecule has 1 amide bonds. The number of anilines is 3. The maximum Gasteiger partial charge on any atom is 0.239 e. The van der Waals surface area contributed by atoms with E-state index in [1.165, 1.54) is 0 Å². The SMILES string of the molecule is CCCN(CC(=O)NC)c1nc(N)nc(N(C)C)n1. The minimum Gasteiger partial charge on any atom is -0.368 e. The van der Waals surface area contributed by atoms with E-state index in [0.717, 1.165) is 6.42 Å². The summed E-state index contributed by atoms with van der Waals surface area (Å²) in [5, 5.41) is 2.58. The van der Waals surface area contributed by atoms with Gasteiger partial charge in [-0.3, -0.25) is 4.79 Å². The molecule has 8 nitrogen and oxygen atoms in total. The fraction of sp³-hybridized carbons (Fsp3) is 0.636. The highest BCUT2D eigenvalue weighted by Crippen LogP contribution is 2.13. The van der Waals surface area contributed by atoms with Crippen LogP contribution < -0.4 is 20.9 Å². The lowest BCUT2D eigenvalue weighted by atomic mass is 10.4. The summed E-state index contributed by atoms with van der Waals surface area (Å²) < 4.78 is 0. The Balaban J connectivity index is 3.03. The largest absolute Gasteiger partial charge is 0.368 e. The maximum absolute atomic E-state index is 11.5. The van der Waals surface area contributed by atoms with Crippen LogP contribution in [0, 0.1) is 0 Å². The number of nitrogens with one attached hydrogen (secondary N) is 1. The van der Waals surface area contributed by atoms with E-state index in [0.29, 0.717) is 18.4 Å². The summed E-state index contributed by atoms with van der Waals surface area (Å²) in [5.74, 6) is 0.938. The van der Waals surface area contributed by atoms with E-state index in [1.807, 2.05) is 21.0 Å². The van der Waals surface area contributed by atoms with Crippen LogP contribution in [0.15, 0.2) is 0 Å². The first kappa shape index (κ1) is 14.9. The van der Waals surface area contributed by atoms with Crippen molar-refractivity contribution in [3.8, 4) is 0 Å². The molecule has 1 aromatic rings. The highest BCUT2D eigenvalue weighted by Gasteiger charge is 2.15. The van der Waals surface area contributed by atoms with E-state index in [-0.39, 0.29) is 18.4 Å². The number of amides is 1. The molecule has 19 heavy (non-hydrogen) atoms. The molecule has 1 heterocycles. The molecular formula is C11H21N7O. The van der Waals surface area contributed by atoms with Crippen LogP contribution in [0.5, 0.6) is 0 Å². The van der Waals surface area contributed by atoms with Crippen molar-refractivity contribution in [2.24, 2.45) is 0 Å². The Morgan fingerprint density at radius 3 is 2.42 bits per heavy atom. The third kappa shape index (κ3) is 4.23. The Morgan fingerprint density at radius 2 is 1.89 bits per heavy atom. The van der Waals surface area contributed by atoms with Gasteiger partial charge in [0.1, 0.15) is 0 Å². The second kappa shape index (κ2) is 6.72. The molecule has 0 saturated carbocycles. The number of aromatic nitrogens is 3. The molecule has 0 atom stereocenters. The van der Waals surface area contributed by atoms with E-state index in [2.05, 4.69) is 20.3 Å². The number of hydrogen-bond acceptors (Lipinski definition) is 7. The van der Waals surface area contributed by atoms with Crippen molar-refractivity contribution >= 4 is 23.8 Å². The summed E-state index contributed by atoms with van der Waals surface area (Å²) in [6, 6.07) is 0. The number of carbonyl (C=O) groups excluding carboxylic acids is 1. The van der Waals surface area contributed by atoms with Crippen LogP contribution in [-0.4, -0.2) is 55.1 Å². The summed E-state index contributed by atoms with van der Waals surface area (Å²) in [6.45, 7) is 2.89. The summed E-state index contributed by atoms with van der Waals surface area (Å²) in [6.07, 6.45) is 0.875. The van der Waals surface area contributed by atoms with Gasteiger partial charge < -0.3 is 20.9 Å².